The number of hydrogen-bond donors (Lipinski definition) is 6. The van der Waals surface area contributed by atoms with Gasteiger partial charge in [-0.1, -0.05) is 0 Å². The van der Waals surface area contributed by atoms with Crippen LogP contribution in [0.2, 0.25) is 0 Å². The SMILES string of the molecule is C[C@H](NC(=O)[C@@H]1CCCN1C(=O)[C@@H](N)CC(=O)O)C(=O)N1CCC[C@H]1C(=O)N1CCC[C@H]1C(=O)N[C@@H](CC(N)=O)C(=O)O. The summed E-state index contributed by atoms with van der Waals surface area (Å²) >= 11 is 0. The lowest BCUT2D eigenvalue weighted by molar-refractivity contribution is -0.149. The highest BCUT2D eigenvalue weighted by Crippen LogP contribution is 2.26. The van der Waals surface area contributed by atoms with Gasteiger partial charge in [-0.25, -0.2) is 4.79 Å². The number of carbonyl (C=O) groups excluding carboxylic acids is 6. The molecule has 17 nitrogen and oxygen atoms in total. The molecule has 0 unspecified atom stereocenters. The predicted molar refractivity (Wildman–Crippen MR) is 145 cm³/mol. The highest BCUT2D eigenvalue weighted by Gasteiger charge is 2.44. The van der Waals surface area contributed by atoms with Crippen molar-refractivity contribution in [2.75, 3.05) is 19.6 Å². The fourth-order valence-corrected chi connectivity index (χ4v) is 5.86. The lowest BCUT2D eigenvalue weighted by Crippen LogP contribution is -2.58. The number of aliphatic carboxylic acids is 2. The molecule has 8 N–H and O–H groups in total. The number of carboxylic acid groups (broad SMARTS) is 2. The van der Waals surface area contributed by atoms with Gasteiger partial charge in [0.1, 0.15) is 30.2 Å². The molecule has 0 aliphatic carbocycles. The molecule has 0 aromatic heterocycles. The van der Waals surface area contributed by atoms with E-state index in [0.717, 1.165) is 0 Å². The van der Waals surface area contributed by atoms with Crippen molar-refractivity contribution < 1.29 is 48.6 Å². The van der Waals surface area contributed by atoms with Crippen LogP contribution in [0.5, 0.6) is 0 Å². The average Bonchev–Trinajstić information content (AvgIpc) is 3.71. The topological polar surface area (TPSA) is 263 Å². The van der Waals surface area contributed by atoms with Gasteiger partial charge in [0.25, 0.3) is 0 Å². The van der Waals surface area contributed by atoms with Crippen molar-refractivity contribution in [1.82, 2.24) is 25.3 Å². The third kappa shape index (κ3) is 7.97. The van der Waals surface area contributed by atoms with Crippen LogP contribution in [0.1, 0.15) is 58.3 Å². The highest BCUT2D eigenvalue weighted by atomic mass is 16.4. The monoisotopic (exact) mass is 609 g/mol. The van der Waals surface area contributed by atoms with Gasteiger partial charge in [0.05, 0.1) is 18.9 Å². The zero-order valence-electron chi connectivity index (χ0n) is 23.9. The minimum absolute atomic E-state index is 0.213. The molecule has 0 bridgehead atoms. The van der Waals surface area contributed by atoms with Crippen molar-refractivity contribution in [3.8, 4) is 0 Å². The van der Waals surface area contributed by atoms with Gasteiger partial charge >= 0.3 is 11.9 Å². The summed E-state index contributed by atoms with van der Waals surface area (Å²) < 4.78 is 0. The van der Waals surface area contributed by atoms with Crippen molar-refractivity contribution in [1.29, 1.82) is 0 Å². The molecule has 3 aliphatic rings. The average molecular weight is 610 g/mol. The summed E-state index contributed by atoms with van der Waals surface area (Å²) in [6.45, 7) is 2.12. The Morgan fingerprint density at radius 1 is 0.744 bits per heavy atom. The molecule has 0 radical (unpaired) electrons. The van der Waals surface area contributed by atoms with Gasteiger partial charge in [0, 0.05) is 19.6 Å². The first-order valence-corrected chi connectivity index (χ1v) is 14.2. The molecule has 3 aliphatic heterocycles. The van der Waals surface area contributed by atoms with Gasteiger partial charge in [-0.2, -0.15) is 0 Å². The third-order valence-electron chi connectivity index (χ3n) is 7.96. The van der Waals surface area contributed by atoms with Crippen LogP contribution in [-0.2, 0) is 38.4 Å². The molecule has 238 valence electrons. The van der Waals surface area contributed by atoms with Crippen LogP contribution in [0.15, 0.2) is 0 Å². The van der Waals surface area contributed by atoms with Gasteiger partial charge in [-0.3, -0.25) is 33.6 Å². The maximum absolute atomic E-state index is 13.6. The minimum atomic E-state index is -1.55. The summed E-state index contributed by atoms with van der Waals surface area (Å²) in [5, 5.41) is 23.1. The molecule has 0 aromatic rings. The Balaban J connectivity index is 1.63. The Morgan fingerprint density at radius 2 is 1.23 bits per heavy atom. The van der Waals surface area contributed by atoms with Crippen LogP contribution < -0.4 is 22.1 Å². The molecule has 6 amide bonds. The van der Waals surface area contributed by atoms with Crippen LogP contribution in [0, 0.1) is 0 Å². The molecular weight excluding hydrogens is 570 g/mol. The fourth-order valence-electron chi connectivity index (χ4n) is 5.86. The van der Waals surface area contributed by atoms with Crippen LogP contribution >= 0.6 is 0 Å². The van der Waals surface area contributed by atoms with E-state index in [1.54, 1.807) is 0 Å². The van der Waals surface area contributed by atoms with Gasteiger partial charge in [-0.05, 0) is 45.4 Å². The van der Waals surface area contributed by atoms with E-state index in [1.165, 1.54) is 21.6 Å². The summed E-state index contributed by atoms with van der Waals surface area (Å²) in [6.07, 6.45) is 1.16. The smallest absolute Gasteiger partial charge is 0.326 e. The van der Waals surface area contributed by atoms with E-state index >= 15 is 0 Å². The molecule has 3 fully saturated rings. The first-order chi connectivity index (χ1) is 20.2. The first kappa shape index (κ1) is 33.2. The zero-order valence-corrected chi connectivity index (χ0v) is 23.9. The lowest BCUT2D eigenvalue weighted by atomic mass is 10.1. The summed E-state index contributed by atoms with van der Waals surface area (Å²) in [6, 6.07) is -6.73. The fraction of sp³-hybridized carbons (Fsp3) is 0.692. The Bertz CT molecular complexity index is 1160. The number of rotatable bonds is 12. The van der Waals surface area contributed by atoms with Gasteiger partial charge in [-0.15, -0.1) is 0 Å². The van der Waals surface area contributed by atoms with Crippen molar-refractivity contribution in [3.05, 3.63) is 0 Å². The second-order valence-corrected chi connectivity index (χ2v) is 11.1. The maximum Gasteiger partial charge on any atom is 0.326 e. The summed E-state index contributed by atoms with van der Waals surface area (Å²) in [5.41, 5.74) is 10.8. The minimum Gasteiger partial charge on any atom is -0.481 e. The molecular formula is C26H39N7O10. The van der Waals surface area contributed by atoms with Gasteiger partial charge < -0.3 is 47.0 Å². The predicted octanol–water partition coefficient (Wildman–Crippen LogP) is -3.29. The van der Waals surface area contributed by atoms with Crippen molar-refractivity contribution >= 4 is 47.4 Å². The van der Waals surface area contributed by atoms with E-state index in [-0.39, 0.29) is 26.1 Å². The highest BCUT2D eigenvalue weighted by molar-refractivity contribution is 5.97. The van der Waals surface area contributed by atoms with Crippen LogP contribution in [0.4, 0.5) is 0 Å². The summed E-state index contributed by atoms with van der Waals surface area (Å²) in [7, 11) is 0. The van der Waals surface area contributed by atoms with Crippen LogP contribution in [-0.4, -0.2) is 128 Å². The van der Waals surface area contributed by atoms with E-state index in [1.807, 2.05) is 0 Å². The first-order valence-electron chi connectivity index (χ1n) is 14.2. The number of nitrogens with two attached hydrogens (primary N) is 2. The Morgan fingerprint density at radius 3 is 1.77 bits per heavy atom. The van der Waals surface area contributed by atoms with Gasteiger partial charge in [0.15, 0.2) is 0 Å². The van der Waals surface area contributed by atoms with E-state index in [9.17, 15) is 43.5 Å². The number of primary amides is 1. The molecule has 17 heteroatoms. The maximum atomic E-state index is 13.6. The van der Waals surface area contributed by atoms with E-state index in [4.69, 9.17) is 16.6 Å². The van der Waals surface area contributed by atoms with Crippen LogP contribution in [0.3, 0.4) is 0 Å². The number of carboxylic acids is 2. The number of hydrogen-bond acceptors (Lipinski definition) is 9. The second-order valence-electron chi connectivity index (χ2n) is 11.1. The second kappa shape index (κ2) is 14.3. The Hall–Kier alpha value is -4.28. The molecule has 3 saturated heterocycles. The summed E-state index contributed by atoms with van der Waals surface area (Å²) in [4.78, 5) is 103. The standard InChI is InChI=1S/C26H39N7O10/c1-13(29-21(37)16-5-2-8-31(16)24(40)14(27)11-20(35)36)23(39)33-10-4-7-18(33)25(41)32-9-3-6-17(32)22(38)30-15(26(42)43)12-19(28)34/h13-18H,2-12,27H2,1H3,(H2,28,34)(H,29,37)(H,30,38)(H,35,36)(H,42,43)/t13-,14-,15-,16-,17-,18-/m0/s1. The molecule has 43 heavy (non-hydrogen) atoms. The van der Waals surface area contributed by atoms with E-state index < -0.39 is 96.5 Å². The van der Waals surface area contributed by atoms with Crippen molar-refractivity contribution in [2.45, 2.75) is 94.5 Å². The molecule has 3 heterocycles. The number of nitrogens with one attached hydrogen (secondary N) is 2. The van der Waals surface area contributed by atoms with Crippen LogP contribution in [0.25, 0.3) is 0 Å². The third-order valence-corrected chi connectivity index (χ3v) is 7.96. The number of amides is 6. The zero-order chi connectivity index (χ0) is 32.0. The number of likely N-dealkylation sites (tertiary alicyclic amines) is 3. The molecule has 3 rings (SSSR count). The number of nitrogens with zero attached hydrogens (tertiary/aromatic N) is 3. The Kier molecular flexibility index (Phi) is 11.0. The summed E-state index contributed by atoms with van der Waals surface area (Å²) in [5.74, 6) is -6.63. The lowest BCUT2D eigenvalue weighted by Gasteiger charge is -2.33. The normalized spacial score (nSPS) is 23.8. The molecule has 0 spiro atoms. The molecule has 0 saturated carbocycles. The van der Waals surface area contributed by atoms with Crippen molar-refractivity contribution in [2.24, 2.45) is 11.5 Å². The molecule has 6 atom stereocenters. The molecule has 0 aromatic carbocycles. The van der Waals surface area contributed by atoms with Gasteiger partial charge in [0.2, 0.25) is 35.4 Å². The number of carbonyl (C=O) groups is 8. The Labute approximate surface area is 247 Å². The largest absolute Gasteiger partial charge is 0.481 e. The van der Waals surface area contributed by atoms with E-state index in [2.05, 4.69) is 10.6 Å². The van der Waals surface area contributed by atoms with Crippen molar-refractivity contribution in [3.63, 3.8) is 0 Å². The van der Waals surface area contributed by atoms with E-state index in [0.29, 0.717) is 32.1 Å². The quantitative estimate of drug-likeness (QED) is 0.128.